The summed E-state index contributed by atoms with van der Waals surface area (Å²) in [6.07, 6.45) is 2.63. The van der Waals surface area contributed by atoms with E-state index < -0.39 is 11.9 Å². The Morgan fingerprint density at radius 2 is 2.07 bits per heavy atom. The molecule has 4 rings (SSSR count). The minimum atomic E-state index is -0.956. The van der Waals surface area contributed by atoms with E-state index in [1.54, 1.807) is 0 Å². The first-order valence-electron chi connectivity index (χ1n) is 9.65. The average Bonchev–Trinajstić information content (AvgIpc) is 3.22. The lowest BCUT2D eigenvalue weighted by atomic mass is 10.2. The molecule has 2 fully saturated rings. The molecule has 4 heterocycles. The van der Waals surface area contributed by atoms with Crippen LogP contribution in [0, 0.1) is 5.82 Å². The highest BCUT2D eigenvalue weighted by molar-refractivity contribution is 14.1. The molecule has 2 saturated heterocycles. The normalized spacial score (nSPS) is 20.2. The van der Waals surface area contributed by atoms with Gasteiger partial charge in [-0.2, -0.15) is 9.97 Å². The fourth-order valence-corrected chi connectivity index (χ4v) is 4.86. The lowest BCUT2D eigenvalue weighted by Crippen LogP contribution is -2.48. The number of piperazine rings is 1. The highest BCUT2D eigenvalue weighted by Gasteiger charge is 2.27. The molecule has 2 aliphatic rings. The van der Waals surface area contributed by atoms with Gasteiger partial charge in [-0.05, 0) is 19.4 Å². The van der Waals surface area contributed by atoms with Crippen molar-refractivity contribution in [3.05, 3.63) is 17.2 Å². The summed E-state index contributed by atoms with van der Waals surface area (Å²) < 4.78 is 21.5. The second-order valence-corrected chi connectivity index (χ2v) is 8.29. The van der Waals surface area contributed by atoms with Crippen LogP contribution in [0.4, 0.5) is 15.0 Å². The zero-order valence-electron chi connectivity index (χ0n) is 16.1. The third-order valence-electron chi connectivity index (χ3n) is 5.51. The van der Waals surface area contributed by atoms with Crippen LogP contribution in [-0.4, -0.2) is 85.9 Å². The van der Waals surface area contributed by atoms with Gasteiger partial charge in [0.15, 0.2) is 11.0 Å². The van der Waals surface area contributed by atoms with Gasteiger partial charge < -0.3 is 19.6 Å². The molecule has 2 aliphatic heterocycles. The van der Waals surface area contributed by atoms with Crippen molar-refractivity contribution in [2.45, 2.75) is 18.9 Å². The number of nitrogens with zero attached hydrogens (tertiary/aromatic N) is 6. The van der Waals surface area contributed by atoms with E-state index in [-0.39, 0.29) is 22.7 Å². The van der Waals surface area contributed by atoms with E-state index in [0.717, 1.165) is 23.9 Å². The zero-order valence-corrected chi connectivity index (χ0v) is 19.0. The summed E-state index contributed by atoms with van der Waals surface area (Å²) in [6, 6.07) is 0.356. The van der Waals surface area contributed by atoms with Crippen molar-refractivity contribution in [1.82, 2.24) is 24.8 Å². The molecule has 0 saturated carbocycles. The van der Waals surface area contributed by atoms with E-state index in [1.165, 1.54) is 11.1 Å². The highest BCUT2D eigenvalue weighted by Crippen LogP contribution is 2.30. The second kappa shape index (κ2) is 9.18. The zero-order chi connectivity index (χ0) is 21.3. The predicted octanol–water partition coefficient (Wildman–Crippen LogP) is 2.85. The van der Waals surface area contributed by atoms with Crippen LogP contribution in [-0.2, 0) is 0 Å². The van der Waals surface area contributed by atoms with Crippen LogP contribution in [0.1, 0.15) is 12.8 Å². The van der Waals surface area contributed by atoms with E-state index in [9.17, 15) is 14.3 Å². The Morgan fingerprint density at radius 3 is 2.77 bits per heavy atom. The Hall–Kier alpha value is -1.73. The minimum Gasteiger partial charge on any atom is -0.465 e. The van der Waals surface area contributed by atoms with Crippen LogP contribution in [0.5, 0.6) is 6.01 Å². The molecule has 0 bridgehead atoms. The van der Waals surface area contributed by atoms with Crippen LogP contribution in [0.25, 0.3) is 10.9 Å². The number of hydrogen-bond acceptors (Lipinski definition) is 7. The molecule has 162 valence electrons. The fraction of sp³-hybridized carbons (Fsp3) is 0.556. The standard InChI is InChI=1S/C18H21ClFIN6O3/c19-15-13(20)14-12(8-22-15)16(25-4-6-26(7-5-25)18(28)29)24-17(23-14)30-9-11-2-1-3-27(11)10-21/h8,11H,1-7,9-10H2,(H,28,29). The maximum atomic E-state index is 14.7. The van der Waals surface area contributed by atoms with Crippen molar-refractivity contribution in [3.63, 3.8) is 0 Å². The molecular formula is C18H21ClFIN6O3. The van der Waals surface area contributed by atoms with Gasteiger partial charge in [0.1, 0.15) is 17.9 Å². The first-order chi connectivity index (χ1) is 14.5. The molecule has 2 aromatic rings. The van der Waals surface area contributed by atoms with Gasteiger partial charge in [-0.3, -0.25) is 4.90 Å². The van der Waals surface area contributed by atoms with Gasteiger partial charge in [-0.1, -0.05) is 34.2 Å². The fourth-order valence-electron chi connectivity index (χ4n) is 3.83. The molecule has 9 nitrogen and oxygen atoms in total. The van der Waals surface area contributed by atoms with Crippen LogP contribution in [0.15, 0.2) is 6.20 Å². The summed E-state index contributed by atoms with van der Waals surface area (Å²) >= 11 is 8.20. The van der Waals surface area contributed by atoms with Gasteiger partial charge >= 0.3 is 12.1 Å². The number of alkyl halides is 1. The number of fused-ring (bicyclic) bond motifs is 1. The van der Waals surface area contributed by atoms with Crippen molar-refractivity contribution >= 4 is 57.0 Å². The number of carboxylic acid groups (broad SMARTS) is 1. The number of pyridine rings is 1. The lowest BCUT2D eigenvalue weighted by Gasteiger charge is -2.34. The van der Waals surface area contributed by atoms with Gasteiger partial charge in [0.25, 0.3) is 0 Å². The Labute approximate surface area is 191 Å². The largest absolute Gasteiger partial charge is 0.465 e. The molecule has 1 unspecified atom stereocenters. The van der Waals surface area contributed by atoms with E-state index >= 15 is 0 Å². The number of hydrogen-bond donors (Lipinski definition) is 1. The van der Waals surface area contributed by atoms with E-state index in [0.29, 0.717) is 44.0 Å². The van der Waals surface area contributed by atoms with E-state index in [4.69, 9.17) is 16.3 Å². The molecular weight excluding hydrogens is 530 g/mol. The second-order valence-electron chi connectivity index (χ2n) is 7.25. The first-order valence-corrected chi connectivity index (χ1v) is 11.6. The topological polar surface area (TPSA) is 94.9 Å². The number of rotatable bonds is 5. The van der Waals surface area contributed by atoms with Gasteiger partial charge in [0.05, 0.1) is 9.94 Å². The van der Waals surface area contributed by atoms with Gasteiger partial charge in [-0.15, -0.1) is 0 Å². The third-order valence-corrected chi connectivity index (χ3v) is 6.65. The van der Waals surface area contributed by atoms with Crippen molar-refractivity contribution in [1.29, 1.82) is 0 Å². The van der Waals surface area contributed by atoms with Crippen molar-refractivity contribution in [2.75, 3.05) is 48.8 Å². The van der Waals surface area contributed by atoms with Gasteiger partial charge in [0, 0.05) is 38.4 Å². The number of anilines is 1. The Bertz CT molecular complexity index is 946. The van der Waals surface area contributed by atoms with Crippen LogP contribution in [0.2, 0.25) is 5.15 Å². The van der Waals surface area contributed by atoms with E-state index in [2.05, 4.69) is 42.4 Å². The number of likely N-dealkylation sites (tertiary alicyclic amines) is 1. The molecule has 1 atom stereocenters. The predicted molar refractivity (Wildman–Crippen MR) is 118 cm³/mol. The molecule has 0 spiro atoms. The number of halogens is 3. The van der Waals surface area contributed by atoms with E-state index in [1.807, 2.05) is 4.90 Å². The summed E-state index contributed by atoms with van der Waals surface area (Å²) in [5, 5.41) is 9.33. The molecule has 30 heavy (non-hydrogen) atoms. The summed E-state index contributed by atoms with van der Waals surface area (Å²) in [7, 11) is 0. The summed E-state index contributed by atoms with van der Waals surface area (Å²) in [6.45, 7) is 2.95. The summed E-state index contributed by atoms with van der Waals surface area (Å²) in [5.41, 5.74) is 0.0489. The van der Waals surface area contributed by atoms with Crippen molar-refractivity contribution < 1.29 is 19.0 Å². The lowest BCUT2D eigenvalue weighted by molar-refractivity contribution is 0.142. The SMILES string of the molecule is O=C(O)N1CCN(c2nc(OCC3CCCN3CI)nc3c(F)c(Cl)ncc23)CC1. The number of aromatic nitrogens is 3. The maximum Gasteiger partial charge on any atom is 0.407 e. The van der Waals surface area contributed by atoms with Gasteiger partial charge in [0.2, 0.25) is 0 Å². The molecule has 1 amide bonds. The maximum absolute atomic E-state index is 14.7. The summed E-state index contributed by atoms with van der Waals surface area (Å²) in [4.78, 5) is 29.5. The molecule has 1 N–H and O–H groups in total. The minimum absolute atomic E-state index is 0.0489. The molecule has 2 aromatic heterocycles. The Morgan fingerprint density at radius 1 is 1.30 bits per heavy atom. The smallest absolute Gasteiger partial charge is 0.407 e. The molecule has 0 aromatic carbocycles. The average molecular weight is 551 g/mol. The molecule has 0 radical (unpaired) electrons. The number of ether oxygens (including phenoxy) is 1. The number of amides is 1. The van der Waals surface area contributed by atoms with Crippen LogP contribution < -0.4 is 9.64 Å². The molecule has 0 aliphatic carbocycles. The Kier molecular flexibility index (Phi) is 6.58. The quantitative estimate of drug-likeness (QED) is 0.263. The van der Waals surface area contributed by atoms with Crippen LogP contribution in [0.3, 0.4) is 0 Å². The number of carbonyl (C=O) groups is 1. The monoisotopic (exact) mass is 550 g/mol. The Balaban J connectivity index is 1.63. The van der Waals surface area contributed by atoms with Crippen LogP contribution >= 0.6 is 34.2 Å². The third kappa shape index (κ3) is 4.33. The molecule has 12 heteroatoms. The van der Waals surface area contributed by atoms with Crippen molar-refractivity contribution in [3.8, 4) is 6.01 Å². The first kappa shape index (κ1) is 21.5. The summed E-state index contributed by atoms with van der Waals surface area (Å²) in [5.74, 6) is -0.248. The van der Waals surface area contributed by atoms with Crippen molar-refractivity contribution in [2.24, 2.45) is 0 Å². The van der Waals surface area contributed by atoms with Gasteiger partial charge in [-0.25, -0.2) is 14.2 Å². The highest BCUT2D eigenvalue weighted by atomic mass is 127.